The molecule has 2 aromatic rings. The smallest absolute Gasteiger partial charge is 0.119 e. The van der Waals surface area contributed by atoms with Gasteiger partial charge in [-0.2, -0.15) is 0 Å². The van der Waals surface area contributed by atoms with Gasteiger partial charge >= 0.3 is 0 Å². The Labute approximate surface area is 145 Å². The van der Waals surface area contributed by atoms with Crippen LogP contribution in [0, 0.1) is 0 Å². The lowest BCUT2D eigenvalue weighted by Crippen LogP contribution is -2.03. The summed E-state index contributed by atoms with van der Waals surface area (Å²) in [6.45, 7) is 4.19. The first-order chi connectivity index (χ1) is 11.8. The van der Waals surface area contributed by atoms with Crippen molar-refractivity contribution < 1.29 is 14.2 Å². The number of hydrogen-bond acceptors (Lipinski definition) is 3. The first-order valence-corrected chi connectivity index (χ1v) is 8.78. The molecule has 0 aliphatic carbocycles. The third kappa shape index (κ3) is 6.25. The molecule has 0 N–H and O–H groups in total. The molecule has 24 heavy (non-hydrogen) atoms. The second-order valence-electron chi connectivity index (χ2n) is 5.80. The number of unbranched alkanes of at least 4 members (excludes halogenated alkanes) is 3. The van der Waals surface area contributed by atoms with E-state index in [0.717, 1.165) is 24.5 Å². The van der Waals surface area contributed by atoms with Crippen LogP contribution in [0.5, 0.6) is 11.5 Å². The van der Waals surface area contributed by atoms with E-state index >= 15 is 0 Å². The number of ether oxygens (including phenoxy) is 3. The van der Waals surface area contributed by atoms with Gasteiger partial charge in [0.1, 0.15) is 18.1 Å². The Bertz CT molecular complexity index is 561. The summed E-state index contributed by atoms with van der Waals surface area (Å²) in [7, 11) is 1.67. The average molecular weight is 328 g/mol. The lowest BCUT2D eigenvalue weighted by atomic mass is 10.1. The molecule has 0 bridgehead atoms. The van der Waals surface area contributed by atoms with Crippen LogP contribution in [0.1, 0.15) is 32.6 Å². The van der Waals surface area contributed by atoms with Crippen molar-refractivity contribution in [2.45, 2.75) is 32.6 Å². The number of methoxy groups -OCH3 is 1. The predicted molar refractivity (Wildman–Crippen MR) is 98.9 cm³/mol. The van der Waals surface area contributed by atoms with Gasteiger partial charge in [-0.3, -0.25) is 0 Å². The SMILES string of the molecule is CCCCCCOc1ccc(-c2ccc(OCCOC)cc2)cc1. The minimum absolute atomic E-state index is 0.570. The van der Waals surface area contributed by atoms with Crippen LogP contribution in [0.4, 0.5) is 0 Å². The molecular weight excluding hydrogens is 300 g/mol. The van der Waals surface area contributed by atoms with Crippen LogP contribution in [0.3, 0.4) is 0 Å². The average Bonchev–Trinajstić information content (AvgIpc) is 2.63. The van der Waals surface area contributed by atoms with Crippen molar-refractivity contribution in [3.63, 3.8) is 0 Å². The first kappa shape index (κ1) is 18.3. The molecule has 3 heteroatoms. The summed E-state index contributed by atoms with van der Waals surface area (Å²) < 4.78 is 16.3. The molecule has 2 rings (SSSR count). The fraction of sp³-hybridized carbons (Fsp3) is 0.429. The molecule has 0 aliphatic heterocycles. The number of rotatable bonds is 11. The van der Waals surface area contributed by atoms with Crippen LogP contribution in [0.2, 0.25) is 0 Å². The molecule has 0 saturated carbocycles. The van der Waals surface area contributed by atoms with Crippen molar-refractivity contribution in [1.29, 1.82) is 0 Å². The summed E-state index contributed by atoms with van der Waals surface area (Å²) in [5, 5.41) is 0. The summed E-state index contributed by atoms with van der Waals surface area (Å²) >= 11 is 0. The molecule has 0 radical (unpaired) electrons. The highest BCUT2D eigenvalue weighted by Crippen LogP contribution is 2.24. The molecule has 0 heterocycles. The summed E-state index contributed by atoms with van der Waals surface area (Å²) in [6.07, 6.45) is 4.91. The fourth-order valence-corrected chi connectivity index (χ4v) is 2.45. The normalized spacial score (nSPS) is 10.6. The number of benzene rings is 2. The third-order valence-electron chi connectivity index (χ3n) is 3.86. The Morgan fingerprint density at radius 1 is 0.625 bits per heavy atom. The molecule has 0 fully saturated rings. The van der Waals surface area contributed by atoms with Crippen molar-refractivity contribution in [2.24, 2.45) is 0 Å². The van der Waals surface area contributed by atoms with Gasteiger partial charge in [-0.25, -0.2) is 0 Å². The summed E-state index contributed by atoms with van der Waals surface area (Å²) in [5.41, 5.74) is 2.35. The highest BCUT2D eigenvalue weighted by Gasteiger charge is 2.00. The Balaban J connectivity index is 1.83. The van der Waals surface area contributed by atoms with E-state index < -0.39 is 0 Å². The molecule has 0 atom stereocenters. The first-order valence-electron chi connectivity index (χ1n) is 8.78. The lowest BCUT2D eigenvalue weighted by molar-refractivity contribution is 0.146. The highest BCUT2D eigenvalue weighted by atomic mass is 16.5. The zero-order valence-corrected chi connectivity index (χ0v) is 14.8. The van der Waals surface area contributed by atoms with Crippen LogP contribution < -0.4 is 9.47 Å². The van der Waals surface area contributed by atoms with Gasteiger partial charge in [0, 0.05) is 7.11 Å². The molecule has 3 nitrogen and oxygen atoms in total. The van der Waals surface area contributed by atoms with Crippen molar-refractivity contribution in [1.82, 2.24) is 0 Å². The van der Waals surface area contributed by atoms with Gasteiger partial charge in [0.2, 0.25) is 0 Å². The van der Waals surface area contributed by atoms with E-state index in [2.05, 4.69) is 31.2 Å². The van der Waals surface area contributed by atoms with Gasteiger partial charge in [-0.15, -0.1) is 0 Å². The van der Waals surface area contributed by atoms with E-state index in [1.807, 2.05) is 24.3 Å². The molecule has 0 aliphatic rings. The molecule has 2 aromatic carbocycles. The summed E-state index contributed by atoms with van der Waals surface area (Å²) in [4.78, 5) is 0. The second-order valence-corrected chi connectivity index (χ2v) is 5.80. The van der Waals surface area contributed by atoms with Crippen molar-refractivity contribution in [2.75, 3.05) is 26.9 Å². The standard InChI is InChI=1S/C21H28O3/c1-3-4-5-6-15-23-20-11-7-18(8-12-20)19-9-13-21(14-10-19)24-17-16-22-2/h7-14H,3-6,15-17H2,1-2H3. The number of hydrogen-bond donors (Lipinski definition) is 0. The van der Waals surface area contributed by atoms with Crippen molar-refractivity contribution in [3.8, 4) is 22.6 Å². The maximum Gasteiger partial charge on any atom is 0.119 e. The van der Waals surface area contributed by atoms with Gasteiger partial charge in [0.15, 0.2) is 0 Å². The Hall–Kier alpha value is -2.00. The lowest BCUT2D eigenvalue weighted by Gasteiger charge is -2.09. The van der Waals surface area contributed by atoms with E-state index in [4.69, 9.17) is 14.2 Å². The van der Waals surface area contributed by atoms with E-state index in [-0.39, 0.29) is 0 Å². The van der Waals surface area contributed by atoms with Gasteiger partial charge in [-0.1, -0.05) is 50.5 Å². The van der Waals surface area contributed by atoms with E-state index in [9.17, 15) is 0 Å². The van der Waals surface area contributed by atoms with Crippen LogP contribution in [0.15, 0.2) is 48.5 Å². The van der Waals surface area contributed by atoms with Gasteiger partial charge in [-0.05, 0) is 41.8 Å². The zero-order valence-electron chi connectivity index (χ0n) is 14.8. The molecule has 130 valence electrons. The third-order valence-corrected chi connectivity index (χ3v) is 3.86. The minimum Gasteiger partial charge on any atom is -0.494 e. The van der Waals surface area contributed by atoms with E-state index in [0.29, 0.717) is 13.2 Å². The van der Waals surface area contributed by atoms with E-state index in [1.165, 1.54) is 30.4 Å². The van der Waals surface area contributed by atoms with Crippen molar-refractivity contribution in [3.05, 3.63) is 48.5 Å². The minimum atomic E-state index is 0.570. The van der Waals surface area contributed by atoms with Gasteiger partial charge in [0.25, 0.3) is 0 Å². The zero-order chi connectivity index (χ0) is 17.0. The maximum atomic E-state index is 5.79. The van der Waals surface area contributed by atoms with Crippen LogP contribution in [-0.4, -0.2) is 26.9 Å². The van der Waals surface area contributed by atoms with Gasteiger partial charge < -0.3 is 14.2 Å². The molecule has 0 spiro atoms. The Morgan fingerprint density at radius 3 is 1.67 bits per heavy atom. The van der Waals surface area contributed by atoms with Crippen LogP contribution in [0.25, 0.3) is 11.1 Å². The topological polar surface area (TPSA) is 27.7 Å². The highest BCUT2D eigenvalue weighted by molar-refractivity contribution is 5.64. The van der Waals surface area contributed by atoms with Crippen molar-refractivity contribution >= 4 is 0 Å². The maximum absolute atomic E-state index is 5.79. The van der Waals surface area contributed by atoms with Crippen LogP contribution in [-0.2, 0) is 4.74 Å². The van der Waals surface area contributed by atoms with E-state index in [1.54, 1.807) is 7.11 Å². The molecular formula is C21H28O3. The quantitative estimate of drug-likeness (QED) is 0.521. The van der Waals surface area contributed by atoms with Crippen LogP contribution >= 0.6 is 0 Å². The Morgan fingerprint density at radius 2 is 1.17 bits per heavy atom. The molecule has 0 unspecified atom stereocenters. The molecule has 0 amide bonds. The summed E-state index contributed by atoms with van der Waals surface area (Å²) in [5.74, 6) is 1.80. The monoisotopic (exact) mass is 328 g/mol. The second kappa shape index (κ2) is 10.7. The fourth-order valence-electron chi connectivity index (χ4n) is 2.45. The largest absolute Gasteiger partial charge is 0.494 e. The molecule has 0 saturated heterocycles. The summed E-state index contributed by atoms with van der Waals surface area (Å²) in [6, 6.07) is 16.4. The predicted octanol–water partition coefficient (Wildman–Crippen LogP) is 5.34. The molecule has 0 aromatic heterocycles. The van der Waals surface area contributed by atoms with Gasteiger partial charge in [0.05, 0.1) is 13.2 Å². The Kier molecular flexibility index (Phi) is 8.19.